The zero-order chi connectivity index (χ0) is 19.8. The lowest BCUT2D eigenvalue weighted by atomic mass is 9.96. The summed E-state index contributed by atoms with van der Waals surface area (Å²) in [6.45, 7) is 1.93. The van der Waals surface area contributed by atoms with E-state index < -0.39 is 11.7 Å². The first-order chi connectivity index (χ1) is 13.5. The molecule has 2 aromatic heterocycles. The summed E-state index contributed by atoms with van der Waals surface area (Å²) in [6, 6.07) is 17.5. The number of primary amides is 1. The number of hydrogen-bond acceptors (Lipinski definition) is 3. The summed E-state index contributed by atoms with van der Waals surface area (Å²) in [4.78, 5) is 24.2. The van der Waals surface area contributed by atoms with E-state index in [1.807, 2.05) is 25.1 Å². The fourth-order valence-corrected chi connectivity index (χ4v) is 3.97. The lowest BCUT2D eigenvalue weighted by Gasteiger charge is -2.09. The second-order valence-electron chi connectivity index (χ2n) is 6.77. The summed E-state index contributed by atoms with van der Waals surface area (Å²) < 4.78 is 1.80. The molecule has 140 valence electrons. The van der Waals surface area contributed by atoms with E-state index >= 15 is 0 Å². The van der Waals surface area contributed by atoms with Crippen LogP contribution in [-0.2, 0) is 17.6 Å². The van der Waals surface area contributed by atoms with Crippen molar-refractivity contribution < 1.29 is 14.7 Å². The topological polar surface area (TPSA) is 84.8 Å². The first-order valence-corrected chi connectivity index (χ1v) is 9.17. The molecule has 5 nitrogen and oxygen atoms in total. The van der Waals surface area contributed by atoms with Crippen LogP contribution in [0.1, 0.15) is 34.1 Å². The van der Waals surface area contributed by atoms with Gasteiger partial charge in [-0.05, 0) is 40.5 Å². The number of amides is 1. The van der Waals surface area contributed by atoms with Gasteiger partial charge in [0.05, 0.1) is 11.1 Å². The van der Waals surface area contributed by atoms with Crippen molar-refractivity contribution in [2.24, 2.45) is 5.73 Å². The highest BCUT2D eigenvalue weighted by atomic mass is 16.3. The molecule has 0 fully saturated rings. The number of benzene rings is 2. The van der Waals surface area contributed by atoms with Gasteiger partial charge in [0.2, 0.25) is 0 Å². The number of nitrogens with zero attached hydrogens (tertiary/aromatic N) is 1. The molecule has 1 amide bonds. The van der Waals surface area contributed by atoms with Crippen molar-refractivity contribution in [1.29, 1.82) is 0 Å². The van der Waals surface area contributed by atoms with E-state index in [9.17, 15) is 14.7 Å². The van der Waals surface area contributed by atoms with Gasteiger partial charge >= 0.3 is 0 Å². The molecule has 0 bridgehead atoms. The van der Waals surface area contributed by atoms with E-state index in [4.69, 9.17) is 5.73 Å². The van der Waals surface area contributed by atoms with Crippen LogP contribution < -0.4 is 5.73 Å². The van der Waals surface area contributed by atoms with Gasteiger partial charge < -0.3 is 15.2 Å². The molecule has 0 unspecified atom stereocenters. The van der Waals surface area contributed by atoms with Crippen LogP contribution in [0, 0.1) is 0 Å². The number of ketones is 1. The van der Waals surface area contributed by atoms with Crippen molar-refractivity contribution in [3.05, 3.63) is 83.2 Å². The van der Waals surface area contributed by atoms with Crippen molar-refractivity contribution >= 4 is 28.0 Å². The van der Waals surface area contributed by atoms with Crippen molar-refractivity contribution in [2.75, 3.05) is 0 Å². The van der Waals surface area contributed by atoms with Crippen LogP contribution in [0.4, 0.5) is 0 Å². The number of pyridine rings is 1. The molecule has 2 heterocycles. The van der Waals surface area contributed by atoms with Crippen molar-refractivity contribution in [2.45, 2.75) is 19.8 Å². The van der Waals surface area contributed by atoms with E-state index in [0.29, 0.717) is 18.4 Å². The maximum absolute atomic E-state index is 12.6. The molecule has 3 N–H and O–H groups in total. The van der Waals surface area contributed by atoms with Gasteiger partial charge in [-0.2, -0.15) is 0 Å². The molecule has 5 heteroatoms. The van der Waals surface area contributed by atoms with Gasteiger partial charge in [-0.15, -0.1) is 0 Å². The summed E-state index contributed by atoms with van der Waals surface area (Å²) in [7, 11) is 0. The Labute approximate surface area is 162 Å². The normalized spacial score (nSPS) is 11.2. The summed E-state index contributed by atoms with van der Waals surface area (Å²) >= 11 is 0. The van der Waals surface area contributed by atoms with Gasteiger partial charge in [0.15, 0.2) is 0 Å². The number of aromatic hydroxyl groups is 1. The number of rotatable bonds is 5. The molecule has 0 aliphatic carbocycles. The molecule has 0 spiro atoms. The van der Waals surface area contributed by atoms with Gasteiger partial charge in [0, 0.05) is 18.3 Å². The van der Waals surface area contributed by atoms with Gasteiger partial charge in [-0.1, -0.05) is 49.4 Å². The first-order valence-electron chi connectivity index (χ1n) is 9.17. The molecular weight excluding hydrogens is 352 g/mol. The van der Waals surface area contributed by atoms with Gasteiger partial charge in [0.25, 0.3) is 11.7 Å². The van der Waals surface area contributed by atoms with E-state index in [0.717, 1.165) is 27.6 Å². The number of Topliss-reactive ketones (excluding diaryl/α,β-unsaturated/α-hetero) is 1. The monoisotopic (exact) mass is 372 g/mol. The molecular formula is C23H20N2O3. The SMILES string of the molecule is CCc1c(C(=O)C(N)=O)c2c(O)cccn2c1Cc1cccc2ccccc12. The predicted octanol–water partition coefficient (Wildman–Crippen LogP) is 3.62. The van der Waals surface area contributed by atoms with E-state index in [1.54, 1.807) is 16.7 Å². The number of carbonyl (C=O) groups excluding carboxylic acids is 2. The second-order valence-corrected chi connectivity index (χ2v) is 6.77. The Morgan fingerprint density at radius 2 is 1.79 bits per heavy atom. The average molecular weight is 372 g/mol. The minimum absolute atomic E-state index is 0.0500. The molecule has 0 atom stereocenters. The zero-order valence-electron chi connectivity index (χ0n) is 15.5. The van der Waals surface area contributed by atoms with Crippen LogP contribution in [0.5, 0.6) is 5.75 Å². The second kappa shape index (κ2) is 6.85. The molecule has 0 aliphatic rings. The Kier molecular flexibility index (Phi) is 4.35. The van der Waals surface area contributed by atoms with Crippen LogP contribution in [0.2, 0.25) is 0 Å². The molecule has 28 heavy (non-hydrogen) atoms. The van der Waals surface area contributed by atoms with Gasteiger partial charge in [0.1, 0.15) is 5.75 Å². The lowest BCUT2D eigenvalue weighted by Crippen LogP contribution is -2.24. The summed E-state index contributed by atoms with van der Waals surface area (Å²) in [5, 5.41) is 12.7. The molecule has 0 radical (unpaired) electrons. The van der Waals surface area contributed by atoms with Crippen molar-refractivity contribution in [3.63, 3.8) is 0 Å². The molecule has 0 saturated carbocycles. The number of aromatic nitrogens is 1. The summed E-state index contributed by atoms with van der Waals surface area (Å²) in [5.41, 5.74) is 8.53. The molecule has 0 aliphatic heterocycles. The Balaban J connectivity index is 2.00. The van der Waals surface area contributed by atoms with E-state index in [2.05, 4.69) is 24.3 Å². The van der Waals surface area contributed by atoms with Crippen molar-refractivity contribution in [1.82, 2.24) is 4.40 Å². The third-order valence-electron chi connectivity index (χ3n) is 5.19. The van der Waals surface area contributed by atoms with Crippen LogP contribution in [0.25, 0.3) is 16.3 Å². The van der Waals surface area contributed by atoms with Gasteiger partial charge in [-0.25, -0.2) is 0 Å². The molecule has 4 rings (SSSR count). The van der Waals surface area contributed by atoms with Crippen LogP contribution >= 0.6 is 0 Å². The summed E-state index contributed by atoms with van der Waals surface area (Å²) in [6.07, 6.45) is 2.89. The Hall–Kier alpha value is -3.60. The maximum Gasteiger partial charge on any atom is 0.289 e. The Bertz CT molecular complexity index is 1230. The maximum atomic E-state index is 12.6. The standard InChI is InChI=1S/C23H20N2O3/c1-2-16-18(13-15-9-5-8-14-7-3-4-10-17(14)15)25-12-6-11-19(26)21(25)20(16)22(27)23(24)28/h3-12,26H,2,13H2,1H3,(H2,24,28). The summed E-state index contributed by atoms with van der Waals surface area (Å²) in [5.74, 6) is -1.85. The Morgan fingerprint density at radius 3 is 2.54 bits per heavy atom. The minimum Gasteiger partial charge on any atom is -0.506 e. The number of nitrogens with two attached hydrogens (primary N) is 1. The molecule has 2 aromatic carbocycles. The van der Waals surface area contributed by atoms with E-state index in [1.165, 1.54) is 6.07 Å². The van der Waals surface area contributed by atoms with Crippen molar-refractivity contribution in [3.8, 4) is 5.75 Å². The third kappa shape index (κ3) is 2.72. The first kappa shape index (κ1) is 17.8. The fourth-order valence-electron chi connectivity index (χ4n) is 3.97. The quantitative estimate of drug-likeness (QED) is 0.414. The van der Waals surface area contributed by atoms with Gasteiger partial charge in [-0.3, -0.25) is 9.59 Å². The van der Waals surface area contributed by atoms with Crippen LogP contribution in [-0.4, -0.2) is 21.2 Å². The molecule has 4 aromatic rings. The largest absolute Gasteiger partial charge is 0.506 e. The van der Waals surface area contributed by atoms with E-state index in [-0.39, 0.29) is 11.3 Å². The highest BCUT2D eigenvalue weighted by Crippen LogP contribution is 2.33. The smallest absolute Gasteiger partial charge is 0.289 e. The minimum atomic E-state index is -1.03. The Morgan fingerprint density at radius 1 is 1.04 bits per heavy atom. The highest BCUT2D eigenvalue weighted by molar-refractivity contribution is 6.44. The number of fused-ring (bicyclic) bond motifs is 2. The fraction of sp³-hybridized carbons (Fsp3) is 0.130. The third-order valence-corrected chi connectivity index (χ3v) is 5.19. The lowest BCUT2D eigenvalue weighted by molar-refractivity contribution is -0.114. The predicted molar refractivity (Wildman–Crippen MR) is 109 cm³/mol. The van der Waals surface area contributed by atoms with Crippen LogP contribution in [0.15, 0.2) is 60.8 Å². The highest BCUT2D eigenvalue weighted by Gasteiger charge is 2.27. The average Bonchev–Trinajstić information content (AvgIpc) is 3.02. The number of hydrogen-bond donors (Lipinski definition) is 2. The van der Waals surface area contributed by atoms with Crippen LogP contribution in [0.3, 0.4) is 0 Å². The molecule has 0 saturated heterocycles. The number of carbonyl (C=O) groups is 2. The zero-order valence-corrected chi connectivity index (χ0v) is 15.5.